The number of aliphatic hydroxyl groups is 1. The lowest BCUT2D eigenvalue weighted by Gasteiger charge is -2.32. The second kappa shape index (κ2) is 10.7. The lowest BCUT2D eigenvalue weighted by Crippen LogP contribution is -2.36. The smallest absolute Gasteiger partial charge is 0.245 e. The first kappa shape index (κ1) is 21.0. The number of rotatable bonds is 8. The molecule has 0 spiro atoms. The second-order valence-corrected chi connectivity index (χ2v) is 7.28. The van der Waals surface area contributed by atoms with Gasteiger partial charge >= 0.3 is 0 Å². The minimum absolute atomic E-state index is 0.358. The highest BCUT2D eigenvalue weighted by Gasteiger charge is 2.22. The molecule has 0 saturated carbocycles. The van der Waals surface area contributed by atoms with Gasteiger partial charge in [-0.2, -0.15) is 0 Å². The Labute approximate surface area is 175 Å². The normalized spacial score (nSPS) is 15.2. The number of thioether (sulfide) groups is 1. The summed E-state index contributed by atoms with van der Waals surface area (Å²) in [5.74, 6) is 2.21. The topological polar surface area (TPSA) is 74.2 Å². The predicted octanol–water partition coefficient (Wildman–Crippen LogP) is 3.27. The van der Waals surface area contributed by atoms with Crippen LogP contribution in [0.25, 0.3) is 5.70 Å². The molecule has 0 atom stereocenters. The third kappa shape index (κ3) is 5.85. The van der Waals surface area contributed by atoms with Gasteiger partial charge in [-0.05, 0) is 53.8 Å². The Hall–Kier alpha value is -2.77. The van der Waals surface area contributed by atoms with Crippen molar-refractivity contribution in [3.05, 3.63) is 65.6 Å². The van der Waals surface area contributed by atoms with Crippen molar-refractivity contribution in [3.63, 3.8) is 0 Å². The van der Waals surface area contributed by atoms with Crippen LogP contribution in [0.1, 0.15) is 12.0 Å². The third-order valence-electron chi connectivity index (χ3n) is 4.43. The molecular formula is C22H25N3O3S. The number of carbonyl (C=O) groups excluding carboxylic acids is 1. The van der Waals surface area contributed by atoms with E-state index >= 15 is 0 Å². The van der Waals surface area contributed by atoms with E-state index in [4.69, 9.17) is 14.8 Å². The molecule has 1 aliphatic rings. The zero-order valence-electron chi connectivity index (χ0n) is 16.4. The van der Waals surface area contributed by atoms with E-state index in [1.54, 1.807) is 18.9 Å². The van der Waals surface area contributed by atoms with E-state index < -0.39 is 6.61 Å². The fourth-order valence-electron chi connectivity index (χ4n) is 2.98. The Kier molecular flexibility index (Phi) is 7.72. The number of hydrogen-bond acceptors (Lipinski definition) is 5. The van der Waals surface area contributed by atoms with Crippen LogP contribution in [0, 0.1) is 0 Å². The van der Waals surface area contributed by atoms with E-state index in [9.17, 15) is 4.79 Å². The minimum Gasteiger partial charge on any atom is -0.497 e. The predicted molar refractivity (Wildman–Crippen MR) is 118 cm³/mol. The third-order valence-corrected chi connectivity index (χ3v) is 5.25. The van der Waals surface area contributed by atoms with Crippen LogP contribution in [0.4, 0.5) is 5.69 Å². The maximum absolute atomic E-state index is 11.3. The fourth-order valence-corrected chi connectivity index (χ4v) is 3.85. The molecule has 0 aliphatic carbocycles. The first-order chi connectivity index (χ1) is 14.2. The van der Waals surface area contributed by atoms with Crippen LogP contribution < -0.4 is 10.1 Å². The summed E-state index contributed by atoms with van der Waals surface area (Å²) >= 11 is 1.72. The van der Waals surface area contributed by atoms with E-state index in [0.29, 0.717) is 13.1 Å². The number of methoxy groups -OCH3 is 1. The van der Waals surface area contributed by atoms with Crippen molar-refractivity contribution in [2.45, 2.75) is 6.42 Å². The molecule has 29 heavy (non-hydrogen) atoms. The van der Waals surface area contributed by atoms with Gasteiger partial charge in [0.2, 0.25) is 5.91 Å². The fraction of sp³-hybridized carbons (Fsp3) is 0.273. The SMILES string of the molecule is COc1ccc(C2=CSCC(=Nc3ccccc3)N2CCCNC(=O)CO)cc1. The van der Waals surface area contributed by atoms with Gasteiger partial charge in [0.1, 0.15) is 18.2 Å². The van der Waals surface area contributed by atoms with Gasteiger partial charge in [-0.25, -0.2) is 4.99 Å². The van der Waals surface area contributed by atoms with Crippen LogP contribution in [-0.2, 0) is 4.79 Å². The highest BCUT2D eigenvalue weighted by molar-refractivity contribution is 8.03. The maximum Gasteiger partial charge on any atom is 0.245 e. The van der Waals surface area contributed by atoms with E-state index in [1.807, 2.05) is 54.6 Å². The Morgan fingerprint density at radius 1 is 1.21 bits per heavy atom. The molecule has 6 nitrogen and oxygen atoms in total. The van der Waals surface area contributed by atoms with Crippen molar-refractivity contribution < 1.29 is 14.6 Å². The number of ether oxygens (including phenoxy) is 1. The molecule has 2 aromatic rings. The van der Waals surface area contributed by atoms with Gasteiger partial charge in [-0.1, -0.05) is 18.2 Å². The van der Waals surface area contributed by atoms with Crippen molar-refractivity contribution in [1.29, 1.82) is 0 Å². The van der Waals surface area contributed by atoms with Gasteiger partial charge < -0.3 is 20.1 Å². The average molecular weight is 412 g/mol. The molecule has 1 aliphatic heterocycles. The summed E-state index contributed by atoms with van der Waals surface area (Å²) < 4.78 is 5.27. The molecule has 0 unspecified atom stereocenters. The van der Waals surface area contributed by atoms with Crippen LogP contribution in [0.3, 0.4) is 0 Å². The molecule has 0 radical (unpaired) electrons. The van der Waals surface area contributed by atoms with Crippen LogP contribution in [0.15, 0.2) is 65.0 Å². The summed E-state index contributed by atoms with van der Waals surface area (Å²) in [7, 11) is 1.66. The number of hydrogen-bond donors (Lipinski definition) is 2. The summed E-state index contributed by atoms with van der Waals surface area (Å²) in [6, 6.07) is 17.9. The van der Waals surface area contributed by atoms with Gasteiger partial charge in [-0.3, -0.25) is 4.79 Å². The Balaban J connectivity index is 1.83. The molecule has 0 aromatic heterocycles. The molecule has 2 N–H and O–H groups in total. The molecule has 3 rings (SSSR count). The van der Waals surface area contributed by atoms with Crippen molar-refractivity contribution in [3.8, 4) is 5.75 Å². The first-order valence-electron chi connectivity index (χ1n) is 9.45. The van der Waals surface area contributed by atoms with E-state index in [0.717, 1.165) is 40.7 Å². The zero-order chi connectivity index (χ0) is 20.5. The number of amidine groups is 1. The first-order valence-corrected chi connectivity index (χ1v) is 10.5. The van der Waals surface area contributed by atoms with Gasteiger partial charge in [0.05, 0.1) is 24.2 Å². The molecule has 7 heteroatoms. The number of amides is 1. The Bertz CT molecular complexity index is 867. The lowest BCUT2D eigenvalue weighted by molar-refractivity contribution is -0.123. The van der Waals surface area contributed by atoms with Gasteiger partial charge in [0.15, 0.2) is 0 Å². The van der Waals surface area contributed by atoms with Gasteiger partial charge in [0, 0.05) is 13.1 Å². The summed E-state index contributed by atoms with van der Waals surface area (Å²) in [5.41, 5.74) is 3.07. The van der Waals surface area contributed by atoms with E-state index in [-0.39, 0.29) is 5.91 Å². The number of aliphatic hydroxyl groups excluding tert-OH is 1. The summed E-state index contributed by atoms with van der Waals surface area (Å²) in [6.07, 6.45) is 0.734. The number of carbonyl (C=O) groups is 1. The molecule has 0 bridgehead atoms. The monoisotopic (exact) mass is 411 g/mol. The van der Waals surface area contributed by atoms with Crippen molar-refractivity contribution in [2.75, 3.05) is 32.6 Å². The quantitative estimate of drug-likeness (QED) is 0.652. The zero-order valence-corrected chi connectivity index (χ0v) is 17.2. The van der Waals surface area contributed by atoms with Crippen LogP contribution in [0.2, 0.25) is 0 Å². The Morgan fingerprint density at radius 2 is 1.97 bits per heavy atom. The lowest BCUT2D eigenvalue weighted by atomic mass is 10.1. The summed E-state index contributed by atoms with van der Waals surface area (Å²) in [4.78, 5) is 18.4. The average Bonchev–Trinajstić information content (AvgIpc) is 2.78. The number of para-hydroxylation sites is 1. The molecule has 2 aromatic carbocycles. The summed E-state index contributed by atoms with van der Waals surface area (Å²) in [5, 5.41) is 13.7. The van der Waals surface area contributed by atoms with Crippen LogP contribution in [-0.4, -0.2) is 54.3 Å². The molecule has 0 saturated heterocycles. The largest absolute Gasteiger partial charge is 0.497 e. The summed E-state index contributed by atoms with van der Waals surface area (Å²) in [6.45, 7) is 0.714. The van der Waals surface area contributed by atoms with E-state index in [2.05, 4.69) is 15.6 Å². The number of benzene rings is 2. The number of aliphatic imine (C=N–C) groups is 1. The van der Waals surface area contributed by atoms with Gasteiger partial charge in [0.25, 0.3) is 0 Å². The van der Waals surface area contributed by atoms with Gasteiger partial charge in [-0.15, -0.1) is 11.8 Å². The molecule has 1 heterocycles. The second-order valence-electron chi connectivity index (χ2n) is 6.42. The Morgan fingerprint density at radius 3 is 2.66 bits per heavy atom. The van der Waals surface area contributed by atoms with Crippen molar-refractivity contribution >= 4 is 34.9 Å². The highest BCUT2D eigenvalue weighted by Crippen LogP contribution is 2.31. The molecule has 0 fully saturated rings. The number of nitrogens with zero attached hydrogens (tertiary/aromatic N) is 2. The molecule has 152 valence electrons. The molecule has 1 amide bonds. The highest BCUT2D eigenvalue weighted by atomic mass is 32.2. The molecular weight excluding hydrogens is 386 g/mol. The van der Waals surface area contributed by atoms with Crippen LogP contribution >= 0.6 is 11.8 Å². The maximum atomic E-state index is 11.3. The van der Waals surface area contributed by atoms with Crippen molar-refractivity contribution in [1.82, 2.24) is 10.2 Å². The number of nitrogens with one attached hydrogen (secondary N) is 1. The minimum atomic E-state index is -0.488. The standard InChI is InChI=1S/C22H25N3O3S/c1-28-19-10-8-17(9-11-19)20-15-29-16-21(24-18-6-3-2-4-7-18)25(20)13-5-12-23-22(27)14-26/h2-4,6-11,15,26H,5,12-14,16H2,1H3,(H,23,27). The van der Waals surface area contributed by atoms with E-state index in [1.165, 1.54) is 0 Å². The van der Waals surface area contributed by atoms with Crippen LogP contribution in [0.5, 0.6) is 5.75 Å². The van der Waals surface area contributed by atoms with Crippen molar-refractivity contribution in [2.24, 2.45) is 4.99 Å².